The van der Waals surface area contributed by atoms with E-state index in [0.29, 0.717) is 12.8 Å². The van der Waals surface area contributed by atoms with Crippen molar-refractivity contribution in [1.82, 2.24) is 9.80 Å². The quantitative estimate of drug-likeness (QED) is 0.747. The summed E-state index contributed by atoms with van der Waals surface area (Å²) < 4.78 is 0. The molecule has 0 spiro atoms. The van der Waals surface area contributed by atoms with Gasteiger partial charge in [0.2, 0.25) is 11.8 Å². The monoisotopic (exact) mass is 240 g/mol. The van der Waals surface area contributed by atoms with Crippen molar-refractivity contribution in [2.75, 3.05) is 28.2 Å². The Labute approximate surface area is 104 Å². The molecule has 1 saturated carbocycles. The first-order valence-electron chi connectivity index (χ1n) is 6.27. The minimum atomic E-state index is -0.0806. The maximum Gasteiger partial charge on any atom is 0.222 e. The summed E-state index contributed by atoms with van der Waals surface area (Å²) in [5.74, 6) is 0.275. The lowest BCUT2D eigenvalue weighted by molar-refractivity contribution is -0.134. The summed E-state index contributed by atoms with van der Waals surface area (Å²) in [6.07, 6.45) is 5.32. The lowest BCUT2D eigenvalue weighted by Crippen LogP contribution is -2.34. The molecule has 0 unspecified atom stereocenters. The summed E-state index contributed by atoms with van der Waals surface area (Å²) in [7, 11) is 7.11. The SMILES string of the molecule is CN(C)C(=O)CC1(CC(=O)N(C)C)CCCC1. The van der Waals surface area contributed by atoms with Gasteiger partial charge in [-0.1, -0.05) is 12.8 Å². The van der Waals surface area contributed by atoms with Gasteiger partial charge in [0.1, 0.15) is 0 Å². The Balaban J connectivity index is 2.69. The van der Waals surface area contributed by atoms with Gasteiger partial charge in [0.15, 0.2) is 0 Å². The molecular formula is C13H24N2O2. The molecule has 0 aromatic carbocycles. The molecular weight excluding hydrogens is 216 g/mol. The molecule has 98 valence electrons. The van der Waals surface area contributed by atoms with E-state index in [4.69, 9.17) is 0 Å². The first-order chi connectivity index (χ1) is 7.86. The Hall–Kier alpha value is -1.06. The Morgan fingerprint density at radius 3 is 1.53 bits per heavy atom. The zero-order valence-electron chi connectivity index (χ0n) is 11.5. The molecule has 1 rings (SSSR count). The standard InChI is InChI=1S/C13H24N2O2/c1-14(2)11(16)9-13(7-5-6-8-13)10-12(17)15(3)4/h5-10H2,1-4H3. The van der Waals surface area contributed by atoms with Gasteiger partial charge in [-0.3, -0.25) is 9.59 Å². The summed E-state index contributed by atoms with van der Waals surface area (Å²) in [5.41, 5.74) is -0.0806. The molecule has 0 saturated heterocycles. The number of carbonyl (C=O) groups is 2. The Kier molecular flexibility index (Phi) is 4.54. The Morgan fingerprint density at radius 2 is 1.24 bits per heavy atom. The van der Waals surface area contributed by atoms with Gasteiger partial charge >= 0.3 is 0 Å². The highest BCUT2D eigenvalue weighted by Gasteiger charge is 2.38. The van der Waals surface area contributed by atoms with Gasteiger partial charge in [-0.05, 0) is 18.3 Å². The third-order valence-corrected chi connectivity index (χ3v) is 3.71. The van der Waals surface area contributed by atoms with Crippen LogP contribution in [0.3, 0.4) is 0 Å². The molecule has 4 nitrogen and oxygen atoms in total. The van der Waals surface area contributed by atoms with E-state index in [1.54, 1.807) is 38.0 Å². The molecule has 0 heterocycles. The summed E-state index contributed by atoms with van der Waals surface area (Å²) >= 11 is 0. The zero-order valence-corrected chi connectivity index (χ0v) is 11.5. The van der Waals surface area contributed by atoms with Crippen LogP contribution in [-0.4, -0.2) is 49.8 Å². The molecule has 0 N–H and O–H groups in total. The maximum atomic E-state index is 11.9. The molecule has 0 aromatic heterocycles. The van der Waals surface area contributed by atoms with Crippen LogP contribution in [0.5, 0.6) is 0 Å². The molecule has 0 bridgehead atoms. The van der Waals surface area contributed by atoms with E-state index < -0.39 is 0 Å². The molecule has 2 amide bonds. The Morgan fingerprint density at radius 1 is 0.882 bits per heavy atom. The summed E-state index contributed by atoms with van der Waals surface area (Å²) in [4.78, 5) is 27.0. The maximum absolute atomic E-state index is 11.9. The van der Waals surface area contributed by atoms with Crippen molar-refractivity contribution in [3.05, 3.63) is 0 Å². The van der Waals surface area contributed by atoms with E-state index in [1.807, 2.05) is 0 Å². The van der Waals surface area contributed by atoms with Gasteiger partial charge in [-0.2, -0.15) is 0 Å². The van der Waals surface area contributed by atoms with Crippen LogP contribution in [-0.2, 0) is 9.59 Å². The van der Waals surface area contributed by atoms with Crippen LogP contribution >= 0.6 is 0 Å². The molecule has 0 aromatic rings. The third kappa shape index (κ3) is 3.72. The number of carbonyl (C=O) groups excluding carboxylic acids is 2. The summed E-state index contributed by atoms with van der Waals surface area (Å²) in [6.45, 7) is 0. The molecule has 0 aliphatic heterocycles. The van der Waals surface area contributed by atoms with Gasteiger partial charge in [0.05, 0.1) is 0 Å². The second kappa shape index (κ2) is 5.52. The average Bonchev–Trinajstić information content (AvgIpc) is 2.66. The van der Waals surface area contributed by atoms with Crippen molar-refractivity contribution >= 4 is 11.8 Å². The van der Waals surface area contributed by atoms with Gasteiger partial charge in [-0.25, -0.2) is 0 Å². The summed E-state index contributed by atoms with van der Waals surface area (Å²) in [5, 5.41) is 0. The fourth-order valence-corrected chi connectivity index (χ4v) is 2.50. The first-order valence-corrected chi connectivity index (χ1v) is 6.27. The lowest BCUT2D eigenvalue weighted by Gasteiger charge is -2.30. The predicted octanol–water partition coefficient (Wildman–Crippen LogP) is 1.50. The van der Waals surface area contributed by atoms with Crippen LogP contribution in [0.1, 0.15) is 38.5 Å². The van der Waals surface area contributed by atoms with Crippen molar-refractivity contribution in [2.24, 2.45) is 5.41 Å². The van der Waals surface area contributed by atoms with Crippen LogP contribution in [0, 0.1) is 5.41 Å². The number of rotatable bonds is 4. The van der Waals surface area contributed by atoms with Crippen molar-refractivity contribution in [1.29, 1.82) is 0 Å². The molecule has 0 radical (unpaired) electrons. The minimum Gasteiger partial charge on any atom is -0.349 e. The van der Waals surface area contributed by atoms with Crippen molar-refractivity contribution in [3.8, 4) is 0 Å². The van der Waals surface area contributed by atoms with Crippen LogP contribution < -0.4 is 0 Å². The largest absolute Gasteiger partial charge is 0.349 e. The number of amides is 2. The smallest absolute Gasteiger partial charge is 0.222 e. The van der Waals surface area contributed by atoms with E-state index in [9.17, 15) is 9.59 Å². The molecule has 1 fully saturated rings. The van der Waals surface area contributed by atoms with E-state index in [0.717, 1.165) is 25.7 Å². The highest BCUT2D eigenvalue weighted by Crippen LogP contribution is 2.44. The molecule has 4 heteroatoms. The van der Waals surface area contributed by atoms with E-state index >= 15 is 0 Å². The van der Waals surface area contributed by atoms with Crippen LogP contribution in [0.15, 0.2) is 0 Å². The molecule has 1 aliphatic rings. The van der Waals surface area contributed by atoms with Crippen molar-refractivity contribution in [3.63, 3.8) is 0 Å². The van der Waals surface area contributed by atoms with E-state index in [2.05, 4.69) is 0 Å². The highest BCUT2D eigenvalue weighted by molar-refractivity contribution is 5.80. The topological polar surface area (TPSA) is 40.6 Å². The number of hydrogen-bond acceptors (Lipinski definition) is 2. The van der Waals surface area contributed by atoms with Crippen molar-refractivity contribution < 1.29 is 9.59 Å². The van der Waals surface area contributed by atoms with Gasteiger partial charge < -0.3 is 9.80 Å². The second-order valence-corrected chi connectivity index (χ2v) is 5.64. The van der Waals surface area contributed by atoms with Gasteiger partial charge in [-0.15, -0.1) is 0 Å². The average molecular weight is 240 g/mol. The second-order valence-electron chi connectivity index (χ2n) is 5.64. The van der Waals surface area contributed by atoms with Crippen molar-refractivity contribution in [2.45, 2.75) is 38.5 Å². The fraction of sp³-hybridized carbons (Fsp3) is 0.846. The summed E-state index contributed by atoms with van der Waals surface area (Å²) in [6, 6.07) is 0. The van der Waals surface area contributed by atoms with Gasteiger partial charge in [0.25, 0.3) is 0 Å². The third-order valence-electron chi connectivity index (χ3n) is 3.71. The first kappa shape index (κ1) is 14.0. The van der Waals surface area contributed by atoms with E-state index in [-0.39, 0.29) is 17.2 Å². The zero-order chi connectivity index (χ0) is 13.1. The number of nitrogens with zero attached hydrogens (tertiary/aromatic N) is 2. The number of hydrogen-bond donors (Lipinski definition) is 0. The van der Waals surface area contributed by atoms with Crippen LogP contribution in [0.25, 0.3) is 0 Å². The van der Waals surface area contributed by atoms with Crippen LogP contribution in [0.2, 0.25) is 0 Å². The highest BCUT2D eigenvalue weighted by atomic mass is 16.2. The normalized spacial score (nSPS) is 17.9. The van der Waals surface area contributed by atoms with Gasteiger partial charge in [0, 0.05) is 41.0 Å². The molecule has 17 heavy (non-hydrogen) atoms. The van der Waals surface area contributed by atoms with Crippen LogP contribution in [0.4, 0.5) is 0 Å². The predicted molar refractivity (Wildman–Crippen MR) is 67.5 cm³/mol. The lowest BCUT2D eigenvalue weighted by atomic mass is 9.78. The minimum absolute atomic E-state index is 0.0806. The Bertz CT molecular complexity index is 268. The van der Waals surface area contributed by atoms with E-state index in [1.165, 1.54) is 0 Å². The molecule has 1 aliphatic carbocycles. The molecule has 0 atom stereocenters. The fourth-order valence-electron chi connectivity index (χ4n) is 2.50.